The van der Waals surface area contributed by atoms with Gasteiger partial charge < -0.3 is 9.47 Å². The second kappa shape index (κ2) is 15.1. The molecular weight excluding hydrogens is 725 g/mol. The van der Waals surface area contributed by atoms with Gasteiger partial charge in [0, 0.05) is 33.5 Å². The summed E-state index contributed by atoms with van der Waals surface area (Å²) in [5.74, 6) is 0. The van der Waals surface area contributed by atoms with Crippen LogP contribution in [0, 0.1) is 0 Å². The molecule has 0 aliphatic heterocycles. The lowest BCUT2D eigenvalue weighted by Gasteiger charge is -2.26. The minimum Gasteiger partial charge on any atom is -0.311 e. The van der Waals surface area contributed by atoms with Crippen molar-refractivity contribution >= 4 is 49.6 Å². The van der Waals surface area contributed by atoms with Crippen LogP contribution in [0.25, 0.3) is 82.8 Å². The van der Waals surface area contributed by atoms with Crippen LogP contribution in [0.2, 0.25) is 0 Å². The van der Waals surface area contributed by atoms with Gasteiger partial charge in [0.25, 0.3) is 0 Å². The molecule has 11 rings (SSSR count). The molecule has 0 amide bonds. The van der Waals surface area contributed by atoms with E-state index in [4.69, 9.17) is 0 Å². The lowest BCUT2D eigenvalue weighted by molar-refractivity contribution is 1.18. The molecule has 60 heavy (non-hydrogen) atoms. The van der Waals surface area contributed by atoms with Crippen LogP contribution in [-0.4, -0.2) is 4.57 Å². The molecule has 11 aromatic rings. The first-order valence-electron chi connectivity index (χ1n) is 20.6. The van der Waals surface area contributed by atoms with Crippen molar-refractivity contribution in [3.05, 3.63) is 243 Å². The van der Waals surface area contributed by atoms with Crippen molar-refractivity contribution in [3.8, 4) is 50.2 Å². The number of aromatic nitrogens is 1. The summed E-state index contributed by atoms with van der Waals surface area (Å²) < 4.78 is 2.38. The molecule has 0 N–H and O–H groups in total. The van der Waals surface area contributed by atoms with Crippen molar-refractivity contribution in [2.75, 3.05) is 4.90 Å². The largest absolute Gasteiger partial charge is 0.311 e. The van der Waals surface area contributed by atoms with Gasteiger partial charge in [-0.05, 0) is 128 Å². The van der Waals surface area contributed by atoms with Gasteiger partial charge >= 0.3 is 0 Å². The molecule has 0 aliphatic rings. The summed E-state index contributed by atoms with van der Waals surface area (Å²) in [6, 6.07) is 87.7. The van der Waals surface area contributed by atoms with Crippen LogP contribution in [0.5, 0.6) is 0 Å². The van der Waals surface area contributed by atoms with E-state index in [0.717, 1.165) is 22.7 Å². The van der Waals surface area contributed by atoms with Crippen molar-refractivity contribution in [1.29, 1.82) is 0 Å². The van der Waals surface area contributed by atoms with E-state index >= 15 is 0 Å². The Kier molecular flexibility index (Phi) is 8.87. The topological polar surface area (TPSA) is 8.17 Å². The highest BCUT2D eigenvalue weighted by molar-refractivity contribution is 6.09. The highest BCUT2D eigenvalue weighted by Gasteiger charge is 2.15. The van der Waals surface area contributed by atoms with Gasteiger partial charge in [-0.3, -0.25) is 0 Å². The maximum atomic E-state index is 2.38. The zero-order valence-corrected chi connectivity index (χ0v) is 33.0. The summed E-state index contributed by atoms with van der Waals surface area (Å²) >= 11 is 0. The second-order valence-electron chi connectivity index (χ2n) is 15.4. The highest BCUT2D eigenvalue weighted by atomic mass is 15.1. The van der Waals surface area contributed by atoms with Crippen LogP contribution in [0.4, 0.5) is 17.1 Å². The number of nitrogens with zero attached hydrogens (tertiary/aromatic N) is 2. The van der Waals surface area contributed by atoms with Gasteiger partial charge in [0.2, 0.25) is 0 Å². The molecule has 0 saturated carbocycles. The van der Waals surface area contributed by atoms with Crippen LogP contribution in [0.15, 0.2) is 243 Å². The Morgan fingerprint density at radius 1 is 0.250 bits per heavy atom. The van der Waals surface area contributed by atoms with Crippen molar-refractivity contribution in [2.45, 2.75) is 0 Å². The Morgan fingerprint density at radius 2 is 0.667 bits per heavy atom. The average molecular weight is 765 g/mol. The fourth-order valence-corrected chi connectivity index (χ4v) is 8.76. The highest BCUT2D eigenvalue weighted by Crippen LogP contribution is 2.38. The molecular formula is C58H40N2. The van der Waals surface area contributed by atoms with Crippen LogP contribution in [-0.2, 0) is 0 Å². The molecule has 0 atom stereocenters. The van der Waals surface area contributed by atoms with Gasteiger partial charge in [0.1, 0.15) is 0 Å². The molecule has 0 radical (unpaired) electrons. The molecule has 1 aromatic heterocycles. The quantitative estimate of drug-likeness (QED) is 0.150. The number of benzene rings is 10. The Hall–Kier alpha value is -7.94. The Balaban J connectivity index is 0.859. The summed E-state index contributed by atoms with van der Waals surface area (Å²) in [6.07, 6.45) is 0. The van der Waals surface area contributed by atoms with Gasteiger partial charge in [-0.1, -0.05) is 170 Å². The lowest BCUT2D eigenvalue weighted by Crippen LogP contribution is -2.09. The monoisotopic (exact) mass is 764 g/mol. The normalized spacial score (nSPS) is 11.3. The number of hydrogen-bond donors (Lipinski definition) is 0. The maximum absolute atomic E-state index is 2.38. The Bertz CT molecular complexity index is 3230. The second-order valence-corrected chi connectivity index (χ2v) is 15.4. The molecule has 0 unspecified atom stereocenters. The standard InChI is InChI=1S/C58H40N2/c1-2-17-51(18-3-1)59(53-36-32-45(33-37-53)47-14-10-15-48(38-47)50-29-28-41-12-4-5-13-46(41)39-50)52-34-30-43(31-35-52)42-24-26-44(27-25-42)49-16-11-19-54(40-49)60-57-22-8-6-20-55(57)56-21-7-9-23-58(56)60/h1-40H. The van der Waals surface area contributed by atoms with Gasteiger partial charge in [-0.25, -0.2) is 0 Å². The summed E-state index contributed by atoms with van der Waals surface area (Å²) in [6.45, 7) is 0. The van der Waals surface area contributed by atoms with Gasteiger partial charge in [0.05, 0.1) is 11.0 Å². The number of para-hydroxylation sites is 3. The zero-order valence-electron chi connectivity index (χ0n) is 33.0. The van der Waals surface area contributed by atoms with Crippen molar-refractivity contribution in [3.63, 3.8) is 0 Å². The van der Waals surface area contributed by atoms with Crippen molar-refractivity contribution < 1.29 is 0 Å². The predicted molar refractivity (Wildman–Crippen MR) is 255 cm³/mol. The summed E-state index contributed by atoms with van der Waals surface area (Å²) in [5.41, 5.74) is 16.5. The molecule has 10 aromatic carbocycles. The lowest BCUT2D eigenvalue weighted by atomic mass is 9.97. The van der Waals surface area contributed by atoms with E-state index in [-0.39, 0.29) is 0 Å². The van der Waals surface area contributed by atoms with E-state index in [9.17, 15) is 0 Å². The first-order valence-corrected chi connectivity index (χ1v) is 20.6. The molecule has 1 heterocycles. The van der Waals surface area contributed by atoms with Gasteiger partial charge in [-0.15, -0.1) is 0 Å². The van der Waals surface area contributed by atoms with Gasteiger partial charge in [0.15, 0.2) is 0 Å². The third-order valence-electron chi connectivity index (χ3n) is 11.8. The SMILES string of the molecule is c1ccc(N(c2ccc(-c3ccc(-c4cccc(-n5c6ccccc6c6ccccc65)c4)cc3)cc2)c2ccc(-c3cccc(-c4ccc5ccccc5c4)c3)cc2)cc1. The molecule has 0 fully saturated rings. The Labute approximate surface area is 350 Å². The predicted octanol–water partition coefficient (Wildman–Crippen LogP) is 16.1. The smallest absolute Gasteiger partial charge is 0.0541 e. The third kappa shape index (κ3) is 6.51. The van der Waals surface area contributed by atoms with E-state index in [2.05, 4.69) is 252 Å². The molecule has 282 valence electrons. The molecule has 0 aliphatic carbocycles. The minimum absolute atomic E-state index is 1.11. The fraction of sp³-hybridized carbons (Fsp3) is 0. The van der Waals surface area contributed by atoms with Crippen LogP contribution in [0.3, 0.4) is 0 Å². The van der Waals surface area contributed by atoms with E-state index in [1.54, 1.807) is 0 Å². The van der Waals surface area contributed by atoms with Crippen LogP contribution in [0.1, 0.15) is 0 Å². The minimum atomic E-state index is 1.11. The average Bonchev–Trinajstić information content (AvgIpc) is 3.67. The van der Waals surface area contributed by atoms with E-state index in [1.807, 2.05) is 0 Å². The zero-order chi connectivity index (χ0) is 39.8. The number of fused-ring (bicyclic) bond motifs is 4. The number of rotatable bonds is 8. The fourth-order valence-electron chi connectivity index (χ4n) is 8.76. The van der Waals surface area contributed by atoms with Crippen LogP contribution < -0.4 is 4.90 Å². The number of anilines is 3. The van der Waals surface area contributed by atoms with Crippen molar-refractivity contribution in [2.24, 2.45) is 0 Å². The molecule has 0 spiro atoms. The summed E-state index contributed by atoms with van der Waals surface area (Å²) in [4.78, 5) is 2.33. The molecule has 2 nitrogen and oxygen atoms in total. The first kappa shape index (κ1) is 35.2. The summed E-state index contributed by atoms with van der Waals surface area (Å²) in [5, 5.41) is 5.06. The Morgan fingerprint density at radius 3 is 1.28 bits per heavy atom. The van der Waals surface area contributed by atoms with Gasteiger partial charge in [-0.2, -0.15) is 0 Å². The van der Waals surface area contributed by atoms with E-state index in [0.29, 0.717) is 0 Å². The van der Waals surface area contributed by atoms with Crippen molar-refractivity contribution in [1.82, 2.24) is 4.57 Å². The van der Waals surface area contributed by atoms with E-state index in [1.165, 1.54) is 77.1 Å². The van der Waals surface area contributed by atoms with Crippen LogP contribution >= 0.6 is 0 Å². The first-order chi connectivity index (χ1) is 29.7. The number of hydrogen-bond acceptors (Lipinski definition) is 1. The van der Waals surface area contributed by atoms with E-state index < -0.39 is 0 Å². The third-order valence-corrected chi connectivity index (χ3v) is 11.8. The molecule has 0 saturated heterocycles. The molecule has 2 heteroatoms. The summed E-state index contributed by atoms with van der Waals surface area (Å²) in [7, 11) is 0. The molecule has 0 bridgehead atoms. The maximum Gasteiger partial charge on any atom is 0.0541 e.